The zero-order chi connectivity index (χ0) is 20.5. The van der Waals surface area contributed by atoms with Crippen LogP contribution in [0.2, 0.25) is 0 Å². The zero-order valence-electron chi connectivity index (χ0n) is 17.8. The number of nitrogens with two attached hydrogens (primary N) is 1. The number of likely N-dealkylation sites (tertiary alicyclic amines) is 1. The van der Waals surface area contributed by atoms with Gasteiger partial charge in [0.15, 0.2) is 5.96 Å². The van der Waals surface area contributed by atoms with Crippen molar-refractivity contribution in [1.82, 2.24) is 10.2 Å². The Morgan fingerprint density at radius 1 is 1.30 bits per heavy atom. The number of aliphatic imine (C=N–C) groups is 1. The first-order valence-corrected chi connectivity index (χ1v) is 10.6. The molecule has 0 saturated carbocycles. The smallest absolute Gasteiger partial charge is 0.217 e. The number of benzene rings is 1. The van der Waals surface area contributed by atoms with Crippen molar-refractivity contribution in [3.05, 3.63) is 35.4 Å². The summed E-state index contributed by atoms with van der Waals surface area (Å²) in [6.45, 7) is 4.70. The van der Waals surface area contributed by atoms with Gasteiger partial charge in [-0.05, 0) is 42.7 Å². The van der Waals surface area contributed by atoms with Crippen LogP contribution < -0.4 is 11.1 Å². The zero-order valence-corrected chi connectivity index (χ0v) is 20.2. The summed E-state index contributed by atoms with van der Waals surface area (Å²) in [5, 5.41) is 3.46. The number of carbonyl (C=O) groups excluding carboxylic acids is 1. The Morgan fingerprint density at radius 3 is 2.80 bits per heavy atom. The van der Waals surface area contributed by atoms with Crippen molar-refractivity contribution in [3.8, 4) is 0 Å². The summed E-state index contributed by atoms with van der Waals surface area (Å²) in [7, 11) is 1.80. The van der Waals surface area contributed by atoms with Gasteiger partial charge in [-0.15, -0.1) is 24.0 Å². The number of ether oxygens (including phenoxy) is 2. The van der Waals surface area contributed by atoms with Gasteiger partial charge in [-0.1, -0.05) is 24.3 Å². The average molecular weight is 530 g/mol. The number of primary amides is 1. The van der Waals surface area contributed by atoms with Crippen LogP contribution in [-0.2, 0) is 27.4 Å². The van der Waals surface area contributed by atoms with Crippen molar-refractivity contribution in [2.75, 3.05) is 33.4 Å². The molecule has 1 aromatic rings. The van der Waals surface area contributed by atoms with E-state index in [1.54, 1.807) is 7.05 Å². The molecule has 1 aromatic carbocycles. The topological polar surface area (TPSA) is 89.2 Å². The lowest BCUT2D eigenvalue weighted by Gasteiger charge is -2.34. The monoisotopic (exact) mass is 530 g/mol. The van der Waals surface area contributed by atoms with Crippen LogP contribution in [0, 0.1) is 5.92 Å². The molecule has 1 atom stereocenters. The summed E-state index contributed by atoms with van der Waals surface area (Å²) in [6, 6.07) is 8.49. The van der Waals surface area contributed by atoms with Crippen LogP contribution in [0.15, 0.2) is 29.3 Å². The predicted molar refractivity (Wildman–Crippen MR) is 129 cm³/mol. The lowest BCUT2D eigenvalue weighted by molar-refractivity contribution is -0.119. The maximum Gasteiger partial charge on any atom is 0.217 e. The number of guanidine groups is 1. The highest BCUT2D eigenvalue weighted by molar-refractivity contribution is 14.0. The van der Waals surface area contributed by atoms with E-state index >= 15 is 0 Å². The van der Waals surface area contributed by atoms with Crippen molar-refractivity contribution < 1.29 is 14.3 Å². The summed E-state index contributed by atoms with van der Waals surface area (Å²) >= 11 is 0. The highest BCUT2D eigenvalue weighted by Gasteiger charge is 2.23. The van der Waals surface area contributed by atoms with Crippen LogP contribution in [-0.4, -0.2) is 56.2 Å². The minimum atomic E-state index is -0.223. The number of nitrogens with zero attached hydrogens (tertiary/aromatic N) is 2. The number of hydrogen-bond acceptors (Lipinski definition) is 4. The first-order valence-electron chi connectivity index (χ1n) is 10.6. The molecule has 2 aliphatic rings. The number of halogens is 1. The third-order valence-corrected chi connectivity index (χ3v) is 5.62. The number of rotatable bonds is 7. The van der Waals surface area contributed by atoms with Gasteiger partial charge < -0.3 is 25.4 Å². The largest absolute Gasteiger partial charge is 0.381 e. The van der Waals surface area contributed by atoms with E-state index in [0.717, 1.165) is 57.9 Å². The predicted octanol–water partition coefficient (Wildman–Crippen LogP) is 2.66. The lowest BCUT2D eigenvalue weighted by Crippen LogP contribution is -2.46. The molecule has 30 heavy (non-hydrogen) atoms. The molecule has 1 amide bonds. The molecule has 7 nitrogen and oxygen atoms in total. The molecule has 2 fully saturated rings. The molecule has 2 aliphatic heterocycles. The molecule has 0 aliphatic carbocycles. The van der Waals surface area contributed by atoms with Crippen molar-refractivity contribution in [2.24, 2.45) is 16.6 Å². The quantitative estimate of drug-likeness (QED) is 0.322. The lowest BCUT2D eigenvalue weighted by atomic mass is 9.95. The molecule has 2 heterocycles. The molecule has 0 bridgehead atoms. The fourth-order valence-corrected chi connectivity index (χ4v) is 4.11. The van der Waals surface area contributed by atoms with E-state index in [1.165, 1.54) is 11.1 Å². The fourth-order valence-electron chi connectivity index (χ4n) is 4.11. The number of carbonyl (C=O) groups is 1. The van der Waals surface area contributed by atoms with Gasteiger partial charge in [0.05, 0.1) is 12.7 Å². The highest BCUT2D eigenvalue weighted by atomic mass is 127. The molecule has 1 unspecified atom stereocenters. The molecular formula is C22H35IN4O3. The van der Waals surface area contributed by atoms with Crippen LogP contribution in [0.25, 0.3) is 0 Å². The Labute approximate surface area is 196 Å². The van der Waals surface area contributed by atoms with Crippen LogP contribution in [0.3, 0.4) is 0 Å². The Morgan fingerprint density at radius 2 is 2.07 bits per heavy atom. The van der Waals surface area contributed by atoms with Gasteiger partial charge in [-0.3, -0.25) is 9.79 Å². The molecule has 0 radical (unpaired) electrons. The van der Waals surface area contributed by atoms with Gasteiger partial charge in [-0.25, -0.2) is 0 Å². The van der Waals surface area contributed by atoms with E-state index < -0.39 is 0 Å². The molecular weight excluding hydrogens is 495 g/mol. The van der Waals surface area contributed by atoms with E-state index in [2.05, 4.69) is 39.5 Å². The van der Waals surface area contributed by atoms with Crippen LogP contribution in [0.4, 0.5) is 0 Å². The summed E-state index contributed by atoms with van der Waals surface area (Å²) in [6.07, 6.45) is 4.80. The molecule has 0 aromatic heterocycles. The number of hydrogen-bond donors (Lipinski definition) is 2. The van der Waals surface area contributed by atoms with Gasteiger partial charge in [0.2, 0.25) is 5.91 Å². The van der Waals surface area contributed by atoms with Crippen LogP contribution >= 0.6 is 24.0 Å². The summed E-state index contributed by atoms with van der Waals surface area (Å²) in [5.41, 5.74) is 7.76. The Hall–Kier alpha value is -1.39. The third kappa shape index (κ3) is 8.03. The molecule has 168 valence electrons. The van der Waals surface area contributed by atoms with E-state index in [4.69, 9.17) is 15.2 Å². The van der Waals surface area contributed by atoms with Crippen molar-refractivity contribution in [1.29, 1.82) is 0 Å². The van der Waals surface area contributed by atoms with Gasteiger partial charge in [-0.2, -0.15) is 0 Å². The highest BCUT2D eigenvalue weighted by Crippen LogP contribution is 2.19. The van der Waals surface area contributed by atoms with Crippen molar-refractivity contribution >= 4 is 35.8 Å². The number of nitrogens with one attached hydrogen (secondary N) is 1. The average Bonchev–Trinajstić information content (AvgIpc) is 2.74. The van der Waals surface area contributed by atoms with E-state index in [0.29, 0.717) is 31.6 Å². The Kier molecular flexibility index (Phi) is 10.9. The minimum absolute atomic E-state index is 0. The normalized spacial score (nSPS) is 20.5. The van der Waals surface area contributed by atoms with Crippen LogP contribution in [0.5, 0.6) is 0 Å². The second-order valence-corrected chi connectivity index (χ2v) is 7.97. The number of piperidine rings is 1. The summed E-state index contributed by atoms with van der Waals surface area (Å²) in [4.78, 5) is 17.9. The van der Waals surface area contributed by atoms with E-state index in [-0.39, 0.29) is 29.9 Å². The second kappa shape index (κ2) is 13.1. The van der Waals surface area contributed by atoms with Gasteiger partial charge >= 0.3 is 0 Å². The maximum atomic E-state index is 11.3. The Bertz CT molecular complexity index is 695. The van der Waals surface area contributed by atoms with Crippen LogP contribution in [0.1, 0.15) is 43.2 Å². The Balaban J connectivity index is 0.00000320. The maximum absolute atomic E-state index is 11.3. The first kappa shape index (κ1) is 24.9. The summed E-state index contributed by atoms with van der Waals surface area (Å²) < 4.78 is 11.4. The van der Waals surface area contributed by atoms with Crippen molar-refractivity contribution in [2.45, 2.75) is 51.4 Å². The van der Waals surface area contributed by atoms with Gasteiger partial charge in [0, 0.05) is 46.3 Å². The number of amides is 1. The first-order chi connectivity index (χ1) is 14.1. The van der Waals surface area contributed by atoms with Gasteiger partial charge in [0.1, 0.15) is 0 Å². The molecule has 0 spiro atoms. The van der Waals surface area contributed by atoms with E-state index in [1.807, 2.05) is 0 Å². The van der Waals surface area contributed by atoms with Crippen molar-refractivity contribution in [3.63, 3.8) is 0 Å². The fraction of sp³-hybridized carbons (Fsp3) is 0.636. The molecule has 2 saturated heterocycles. The second-order valence-electron chi connectivity index (χ2n) is 7.97. The molecule has 3 rings (SSSR count). The van der Waals surface area contributed by atoms with Gasteiger partial charge in [0.25, 0.3) is 0 Å². The SMILES string of the molecule is CN=C(NCc1cccc(COC2CCOCC2)c1)N1CCCC(CC(N)=O)C1.I. The minimum Gasteiger partial charge on any atom is -0.381 e. The third-order valence-electron chi connectivity index (χ3n) is 5.62. The molecule has 3 N–H and O–H groups in total. The van der Waals surface area contributed by atoms with E-state index in [9.17, 15) is 4.79 Å². The summed E-state index contributed by atoms with van der Waals surface area (Å²) in [5.74, 6) is 0.966. The molecule has 8 heteroatoms. The standard InChI is InChI=1S/C22H34N4O3.HI/c1-24-22(26-9-3-6-18(15-26)13-21(23)27)25-14-17-4-2-5-19(12-17)16-29-20-7-10-28-11-8-20;/h2,4-5,12,18,20H,3,6-11,13-16H2,1H3,(H2,23,27)(H,24,25);1H.